The maximum Gasteiger partial charge on any atom is 0.320 e. The molecule has 1 unspecified atom stereocenters. The Morgan fingerprint density at radius 3 is 3.00 bits per heavy atom. The van der Waals surface area contributed by atoms with Gasteiger partial charge in [0.05, 0.1) is 12.5 Å². The van der Waals surface area contributed by atoms with Crippen molar-refractivity contribution >= 4 is 35.1 Å². The molecule has 5 nitrogen and oxygen atoms in total. The first-order valence-electron chi connectivity index (χ1n) is 6.91. The van der Waals surface area contributed by atoms with E-state index in [9.17, 15) is 9.59 Å². The lowest BCUT2D eigenvalue weighted by molar-refractivity contribution is -0.138. The second-order valence-corrected chi connectivity index (χ2v) is 7.24. The second-order valence-electron chi connectivity index (χ2n) is 5.05. The number of nitrogens with zero attached hydrogens (tertiary/aromatic N) is 2. The van der Waals surface area contributed by atoms with Crippen molar-refractivity contribution in [2.24, 2.45) is 0 Å². The molecule has 0 aliphatic carbocycles. The van der Waals surface area contributed by atoms with E-state index >= 15 is 0 Å². The predicted molar refractivity (Wildman–Crippen MR) is 86.1 cm³/mol. The van der Waals surface area contributed by atoms with Gasteiger partial charge in [0.25, 0.3) is 0 Å². The first-order chi connectivity index (χ1) is 10.1. The number of carboxylic acid groups (broad SMARTS) is 1. The Balaban J connectivity index is 1.90. The third-order valence-corrected chi connectivity index (χ3v) is 5.51. The van der Waals surface area contributed by atoms with Crippen LogP contribution in [0.2, 0.25) is 0 Å². The molecule has 2 heterocycles. The minimum Gasteiger partial charge on any atom is -0.481 e. The van der Waals surface area contributed by atoms with Crippen LogP contribution in [0.25, 0.3) is 0 Å². The third-order valence-electron chi connectivity index (χ3n) is 3.48. The second kappa shape index (κ2) is 7.70. The van der Waals surface area contributed by atoms with E-state index < -0.39 is 5.97 Å². The molecule has 0 aromatic carbocycles. The van der Waals surface area contributed by atoms with E-state index in [0.717, 1.165) is 12.2 Å². The first-order valence-corrected chi connectivity index (χ1v) is 8.95. The van der Waals surface area contributed by atoms with Crippen LogP contribution >= 0.6 is 23.1 Å². The SMILES string of the molecule is CN(CCc1cccs1)C(=O)N1CCSCC1CC(=O)O. The molecule has 1 N–H and O–H groups in total. The molecule has 1 saturated heterocycles. The molecule has 1 aliphatic heterocycles. The van der Waals surface area contributed by atoms with Crippen molar-refractivity contribution in [1.82, 2.24) is 9.80 Å². The summed E-state index contributed by atoms with van der Waals surface area (Å²) in [6, 6.07) is 3.82. The molecule has 0 radical (unpaired) electrons. The quantitative estimate of drug-likeness (QED) is 0.900. The molecule has 0 spiro atoms. The number of urea groups is 1. The lowest BCUT2D eigenvalue weighted by Crippen LogP contribution is -2.51. The van der Waals surface area contributed by atoms with E-state index in [4.69, 9.17) is 5.11 Å². The zero-order chi connectivity index (χ0) is 15.2. The molecule has 2 amide bonds. The summed E-state index contributed by atoms with van der Waals surface area (Å²) in [6.45, 7) is 1.29. The molecule has 0 bridgehead atoms. The predicted octanol–water partition coefficient (Wildman–Crippen LogP) is 2.23. The van der Waals surface area contributed by atoms with Gasteiger partial charge in [0.2, 0.25) is 0 Å². The highest BCUT2D eigenvalue weighted by Crippen LogP contribution is 2.20. The minimum absolute atomic E-state index is 0.0253. The fraction of sp³-hybridized carbons (Fsp3) is 0.571. The number of carbonyl (C=O) groups excluding carboxylic acids is 1. The number of carbonyl (C=O) groups is 2. The summed E-state index contributed by atoms with van der Waals surface area (Å²) >= 11 is 3.40. The van der Waals surface area contributed by atoms with Crippen molar-refractivity contribution in [1.29, 1.82) is 0 Å². The summed E-state index contributed by atoms with van der Waals surface area (Å²) in [5.41, 5.74) is 0. The number of carboxylic acids is 1. The normalized spacial score (nSPS) is 18.5. The summed E-state index contributed by atoms with van der Waals surface area (Å²) in [4.78, 5) is 28.1. The van der Waals surface area contributed by atoms with Crippen LogP contribution in [-0.2, 0) is 11.2 Å². The Labute approximate surface area is 132 Å². The van der Waals surface area contributed by atoms with Crippen LogP contribution in [0.15, 0.2) is 17.5 Å². The van der Waals surface area contributed by atoms with Gasteiger partial charge in [-0.2, -0.15) is 11.8 Å². The smallest absolute Gasteiger partial charge is 0.320 e. The number of likely N-dealkylation sites (N-methyl/N-ethyl adjacent to an activating group) is 1. The third kappa shape index (κ3) is 4.64. The molecule has 116 valence electrons. The van der Waals surface area contributed by atoms with Gasteiger partial charge in [-0.15, -0.1) is 11.3 Å². The lowest BCUT2D eigenvalue weighted by Gasteiger charge is -2.37. The van der Waals surface area contributed by atoms with E-state index in [0.29, 0.717) is 18.8 Å². The number of thiophene rings is 1. The Kier molecular flexibility index (Phi) is 5.93. The van der Waals surface area contributed by atoms with Crippen molar-refractivity contribution in [3.05, 3.63) is 22.4 Å². The fourth-order valence-electron chi connectivity index (χ4n) is 2.32. The summed E-state index contributed by atoms with van der Waals surface area (Å²) in [5.74, 6) is 0.735. The topological polar surface area (TPSA) is 60.9 Å². The van der Waals surface area contributed by atoms with Crippen LogP contribution in [-0.4, -0.2) is 64.6 Å². The van der Waals surface area contributed by atoms with Crippen LogP contribution < -0.4 is 0 Å². The highest BCUT2D eigenvalue weighted by molar-refractivity contribution is 7.99. The summed E-state index contributed by atoms with van der Waals surface area (Å²) in [7, 11) is 1.79. The van der Waals surface area contributed by atoms with Gasteiger partial charge in [-0.1, -0.05) is 6.07 Å². The number of hydrogen-bond acceptors (Lipinski definition) is 4. The Morgan fingerprint density at radius 2 is 2.33 bits per heavy atom. The zero-order valence-corrected chi connectivity index (χ0v) is 13.7. The van der Waals surface area contributed by atoms with Crippen LogP contribution in [0, 0.1) is 0 Å². The highest BCUT2D eigenvalue weighted by Gasteiger charge is 2.30. The van der Waals surface area contributed by atoms with Crippen LogP contribution in [0.3, 0.4) is 0 Å². The van der Waals surface area contributed by atoms with Crippen LogP contribution in [0.5, 0.6) is 0 Å². The van der Waals surface area contributed by atoms with Crippen molar-refractivity contribution < 1.29 is 14.7 Å². The van der Waals surface area contributed by atoms with E-state index in [2.05, 4.69) is 6.07 Å². The van der Waals surface area contributed by atoms with Gasteiger partial charge >= 0.3 is 12.0 Å². The largest absolute Gasteiger partial charge is 0.481 e. The average Bonchev–Trinajstić information content (AvgIpc) is 2.97. The minimum atomic E-state index is -0.846. The first kappa shape index (κ1) is 16.2. The number of aliphatic carboxylic acids is 1. The molecule has 1 atom stereocenters. The standard InChI is InChI=1S/C14H20N2O3S2/c1-15(5-4-12-3-2-7-21-12)14(19)16-6-8-20-10-11(16)9-13(17)18/h2-3,7,11H,4-6,8-10H2,1H3,(H,17,18). The Bertz CT molecular complexity index is 479. The van der Waals surface area contributed by atoms with Gasteiger partial charge in [0.15, 0.2) is 0 Å². The van der Waals surface area contributed by atoms with E-state index in [1.54, 1.807) is 39.9 Å². The molecule has 21 heavy (non-hydrogen) atoms. The fourth-order valence-corrected chi connectivity index (χ4v) is 4.09. The summed E-state index contributed by atoms with van der Waals surface area (Å²) in [6.07, 6.45) is 0.865. The van der Waals surface area contributed by atoms with Gasteiger partial charge in [-0.25, -0.2) is 4.79 Å². The Morgan fingerprint density at radius 1 is 1.52 bits per heavy atom. The molecule has 2 rings (SSSR count). The molecular weight excluding hydrogens is 308 g/mol. The lowest BCUT2D eigenvalue weighted by atomic mass is 10.2. The molecule has 1 aliphatic rings. The van der Waals surface area contributed by atoms with Gasteiger partial charge in [0.1, 0.15) is 0 Å². The van der Waals surface area contributed by atoms with E-state index in [1.165, 1.54) is 4.88 Å². The summed E-state index contributed by atoms with van der Waals surface area (Å²) in [5, 5.41) is 11.0. The number of amides is 2. The number of thioether (sulfide) groups is 1. The highest BCUT2D eigenvalue weighted by atomic mass is 32.2. The van der Waals surface area contributed by atoms with Crippen LogP contribution in [0.1, 0.15) is 11.3 Å². The maximum absolute atomic E-state index is 12.5. The van der Waals surface area contributed by atoms with Gasteiger partial charge in [-0.3, -0.25) is 4.79 Å². The molecule has 1 aromatic heterocycles. The molecule has 7 heteroatoms. The molecule has 0 saturated carbocycles. The maximum atomic E-state index is 12.5. The van der Waals surface area contributed by atoms with Gasteiger partial charge in [0, 0.05) is 36.5 Å². The number of rotatable bonds is 5. The average molecular weight is 328 g/mol. The van der Waals surface area contributed by atoms with Crippen molar-refractivity contribution in [3.8, 4) is 0 Å². The van der Waals surface area contributed by atoms with Gasteiger partial charge in [-0.05, 0) is 17.9 Å². The summed E-state index contributed by atoms with van der Waals surface area (Å²) < 4.78 is 0. The van der Waals surface area contributed by atoms with Gasteiger partial charge < -0.3 is 14.9 Å². The monoisotopic (exact) mass is 328 g/mol. The van der Waals surface area contributed by atoms with Crippen molar-refractivity contribution in [2.75, 3.05) is 31.6 Å². The number of hydrogen-bond donors (Lipinski definition) is 1. The Hall–Kier alpha value is -1.21. The van der Waals surface area contributed by atoms with Crippen molar-refractivity contribution in [3.63, 3.8) is 0 Å². The molecular formula is C14H20N2O3S2. The van der Waals surface area contributed by atoms with E-state index in [1.807, 2.05) is 11.4 Å². The van der Waals surface area contributed by atoms with E-state index in [-0.39, 0.29) is 18.5 Å². The van der Waals surface area contributed by atoms with Crippen LogP contribution in [0.4, 0.5) is 4.79 Å². The molecule has 1 fully saturated rings. The molecule has 1 aromatic rings. The van der Waals surface area contributed by atoms with Crippen molar-refractivity contribution in [2.45, 2.75) is 18.9 Å². The zero-order valence-electron chi connectivity index (χ0n) is 12.0.